The van der Waals surface area contributed by atoms with Crippen LogP contribution in [-0.2, 0) is 0 Å². The van der Waals surface area contributed by atoms with Crippen molar-refractivity contribution >= 4 is 22.7 Å². The van der Waals surface area contributed by atoms with Crippen molar-refractivity contribution in [2.75, 3.05) is 18.4 Å². The number of hydrogen-bond acceptors (Lipinski definition) is 4. The van der Waals surface area contributed by atoms with Crippen LogP contribution in [-0.4, -0.2) is 28.6 Å². The first kappa shape index (κ1) is 11.1. The summed E-state index contributed by atoms with van der Waals surface area (Å²) in [6.45, 7) is 6.06. The Kier molecular flexibility index (Phi) is 2.66. The molecule has 0 spiro atoms. The topological polar surface area (TPSA) is 54.2 Å². The number of rotatable bonds is 2. The van der Waals surface area contributed by atoms with Crippen LogP contribution in [0, 0.1) is 0 Å². The lowest BCUT2D eigenvalue weighted by Gasteiger charge is -2.09. The van der Waals surface area contributed by atoms with Crippen molar-refractivity contribution in [1.29, 1.82) is 0 Å². The molecular formula is C13H17N5. The second-order valence-corrected chi connectivity index (χ2v) is 4.73. The van der Waals surface area contributed by atoms with Gasteiger partial charge in [-0.05, 0) is 32.0 Å². The largest absolute Gasteiger partial charge is 0.354 e. The number of benzene rings is 1. The number of aliphatic imine (C=N–C) groups is 1. The van der Waals surface area contributed by atoms with Crippen molar-refractivity contribution < 1.29 is 0 Å². The molecule has 5 heteroatoms. The minimum absolute atomic E-state index is 0.426. The molecule has 0 unspecified atom stereocenters. The number of aromatic nitrogens is 2. The van der Waals surface area contributed by atoms with Crippen LogP contribution in [0.5, 0.6) is 0 Å². The summed E-state index contributed by atoms with van der Waals surface area (Å²) in [6.07, 6.45) is 1.89. The van der Waals surface area contributed by atoms with Crippen molar-refractivity contribution in [2.24, 2.45) is 4.99 Å². The van der Waals surface area contributed by atoms with E-state index in [-0.39, 0.29) is 0 Å². The predicted octanol–water partition coefficient (Wildman–Crippen LogP) is 1.99. The van der Waals surface area contributed by atoms with Gasteiger partial charge < -0.3 is 15.2 Å². The Morgan fingerprint density at radius 3 is 3.00 bits per heavy atom. The molecule has 0 radical (unpaired) electrons. The van der Waals surface area contributed by atoms with Crippen LogP contribution in [0.25, 0.3) is 11.0 Å². The maximum Gasteiger partial charge on any atom is 0.195 e. The maximum absolute atomic E-state index is 4.44. The quantitative estimate of drug-likeness (QED) is 0.848. The van der Waals surface area contributed by atoms with Gasteiger partial charge in [0.05, 0.1) is 23.9 Å². The summed E-state index contributed by atoms with van der Waals surface area (Å²) in [6, 6.07) is 6.64. The lowest BCUT2D eigenvalue weighted by atomic mass is 10.2. The van der Waals surface area contributed by atoms with Crippen LogP contribution in [0.1, 0.15) is 19.9 Å². The van der Waals surface area contributed by atoms with Gasteiger partial charge >= 0.3 is 0 Å². The van der Waals surface area contributed by atoms with Crippen molar-refractivity contribution in [2.45, 2.75) is 19.9 Å². The van der Waals surface area contributed by atoms with E-state index in [4.69, 9.17) is 0 Å². The molecule has 0 atom stereocenters. The Bertz CT molecular complexity index is 596. The molecule has 2 N–H and O–H groups in total. The Morgan fingerprint density at radius 2 is 2.28 bits per heavy atom. The summed E-state index contributed by atoms with van der Waals surface area (Å²) in [5.41, 5.74) is 3.19. The van der Waals surface area contributed by atoms with Crippen molar-refractivity contribution in [3.05, 3.63) is 24.5 Å². The molecule has 0 fully saturated rings. The zero-order valence-electron chi connectivity index (χ0n) is 10.6. The van der Waals surface area contributed by atoms with Gasteiger partial charge in [0.25, 0.3) is 0 Å². The predicted molar refractivity (Wildman–Crippen MR) is 74.0 cm³/mol. The van der Waals surface area contributed by atoms with E-state index in [9.17, 15) is 0 Å². The highest BCUT2D eigenvalue weighted by atomic mass is 15.2. The molecule has 0 amide bonds. The SMILES string of the molecule is CC(C)n1cnc2cc(NC3=NCCN3)ccc21. The number of fused-ring (bicyclic) bond motifs is 1. The summed E-state index contributed by atoms with van der Waals surface area (Å²) >= 11 is 0. The number of imidazole rings is 1. The van der Waals surface area contributed by atoms with Crippen LogP contribution in [0.4, 0.5) is 5.69 Å². The third-order valence-electron chi connectivity index (χ3n) is 3.07. The second-order valence-electron chi connectivity index (χ2n) is 4.73. The van der Waals surface area contributed by atoms with Gasteiger partial charge in [-0.2, -0.15) is 0 Å². The van der Waals surface area contributed by atoms with Crippen LogP contribution >= 0.6 is 0 Å². The summed E-state index contributed by atoms with van der Waals surface area (Å²) < 4.78 is 2.17. The first-order valence-electron chi connectivity index (χ1n) is 6.26. The summed E-state index contributed by atoms with van der Waals surface area (Å²) in [4.78, 5) is 8.75. The lowest BCUT2D eigenvalue weighted by Crippen LogP contribution is -2.26. The molecule has 0 bridgehead atoms. The third-order valence-corrected chi connectivity index (χ3v) is 3.07. The molecule has 0 saturated heterocycles. The van der Waals surface area contributed by atoms with Gasteiger partial charge in [-0.3, -0.25) is 4.99 Å². The van der Waals surface area contributed by atoms with Gasteiger partial charge in [0.2, 0.25) is 0 Å². The highest BCUT2D eigenvalue weighted by molar-refractivity contribution is 5.96. The molecular weight excluding hydrogens is 226 g/mol. The second kappa shape index (κ2) is 4.33. The highest BCUT2D eigenvalue weighted by Gasteiger charge is 2.08. The Labute approximate surface area is 106 Å². The lowest BCUT2D eigenvalue weighted by molar-refractivity contribution is 0.617. The van der Waals surface area contributed by atoms with Crippen LogP contribution < -0.4 is 10.6 Å². The van der Waals surface area contributed by atoms with Crippen LogP contribution in [0.2, 0.25) is 0 Å². The molecule has 94 valence electrons. The molecule has 1 aromatic carbocycles. The first-order chi connectivity index (χ1) is 8.74. The average Bonchev–Trinajstić information content (AvgIpc) is 2.97. The van der Waals surface area contributed by atoms with E-state index < -0.39 is 0 Å². The van der Waals surface area contributed by atoms with E-state index in [2.05, 4.69) is 57.2 Å². The summed E-state index contributed by atoms with van der Waals surface area (Å²) in [5.74, 6) is 0.845. The van der Waals surface area contributed by atoms with Crippen molar-refractivity contribution in [3.8, 4) is 0 Å². The molecule has 0 saturated carbocycles. The molecule has 2 aromatic rings. The van der Waals surface area contributed by atoms with E-state index in [0.29, 0.717) is 6.04 Å². The van der Waals surface area contributed by atoms with E-state index in [0.717, 1.165) is 35.8 Å². The van der Waals surface area contributed by atoms with Crippen LogP contribution in [0.15, 0.2) is 29.5 Å². The van der Waals surface area contributed by atoms with Gasteiger partial charge in [0.15, 0.2) is 5.96 Å². The normalized spacial score (nSPS) is 14.9. The standard InChI is InChI=1S/C13H17N5/c1-9(2)18-8-16-11-7-10(3-4-12(11)18)17-13-14-5-6-15-13/h3-4,7-9H,5-6H2,1-2H3,(H2,14,15,17). The Balaban J connectivity index is 1.92. The first-order valence-corrected chi connectivity index (χ1v) is 6.26. The van der Waals surface area contributed by atoms with Crippen molar-refractivity contribution in [3.63, 3.8) is 0 Å². The summed E-state index contributed by atoms with van der Waals surface area (Å²) in [5, 5.41) is 6.45. The number of guanidine groups is 1. The molecule has 0 aliphatic carbocycles. The van der Waals surface area contributed by atoms with Gasteiger partial charge in [-0.15, -0.1) is 0 Å². The fraction of sp³-hybridized carbons (Fsp3) is 0.385. The average molecular weight is 243 g/mol. The number of anilines is 1. The smallest absolute Gasteiger partial charge is 0.195 e. The minimum Gasteiger partial charge on any atom is -0.354 e. The van der Waals surface area contributed by atoms with E-state index in [1.807, 2.05) is 6.33 Å². The van der Waals surface area contributed by atoms with Gasteiger partial charge in [0.1, 0.15) is 0 Å². The molecule has 1 aliphatic rings. The number of hydrogen-bond donors (Lipinski definition) is 2. The number of nitrogens with one attached hydrogen (secondary N) is 2. The van der Waals surface area contributed by atoms with Gasteiger partial charge in [0, 0.05) is 18.3 Å². The molecule has 2 heterocycles. The maximum atomic E-state index is 4.44. The fourth-order valence-electron chi connectivity index (χ4n) is 2.14. The molecule has 1 aromatic heterocycles. The Hall–Kier alpha value is -2.04. The fourth-order valence-corrected chi connectivity index (χ4v) is 2.14. The van der Waals surface area contributed by atoms with E-state index >= 15 is 0 Å². The molecule has 1 aliphatic heterocycles. The highest BCUT2D eigenvalue weighted by Crippen LogP contribution is 2.21. The van der Waals surface area contributed by atoms with E-state index in [1.54, 1.807) is 0 Å². The van der Waals surface area contributed by atoms with Crippen LogP contribution in [0.3, 0.4) is 0 Å². The summed E-state index contributed by atoms with van der Waals surface area (Å²) in [7, 11) is 0. The Morgan fingerprint density at radius 1 is 1.39 bits per heavy atom. The zero-order valence-corrected chi connectivity index (χ0v) is 10.6. The molecule has 3 rings (SSSR count). The van der Waals surface area contributed by atoms with Gasteiger partial charge in [-0.1, -0.05) is 0 Å². The number of nitrogens with zero attached hydrogens (tertiary/aromatic N) is 3. The van der Waals surface area contributed by atoms with E-state index in [1.165, 1.54) is 0 Å². The zero-order chi connectivity index (χ0) is 12.5. The molecule has 5 nitrogen and oxygen atoms in total. The van der Waals surface area contributed by atoms with Crippen molar-refractivity contribution in [1.82, 2.24) is 14.9 Å². The molecule has 18 heavy (non-hydrogen) atoms. The van der Waals surface area contributed by atoms with Gasteiger partial charge in [-0.25, -0.2) is 4.98 Å². The minimum atomic E-state index is 0.426. The monoisotopic (exact) mass is 243 g/mol. The third kappa shape index (κ3) is 1.92.